The number of aromatic nitrogens is 2. The Morgan fingerprint density at radius 3 is 2.63 bits per heavy atom. The van der Waals surface area contributed by atoms with Crippen molar-refractivity contribution in [3.8, 4) is 11.3 Å². The van der Waals surface area contributed by atoms with Gasteiger partial charge in [-0.1, -0.05) is 42.5 Å². The Bertz CT molecular complexity index is 1010. The van der Waals surface area contributed by atoms with Gasteiger partial charge in [-0.25, -0.2) is 0 Å². The van der Waals surface area contributed by atoms with Crippen molar-refractivity contribution in [2.75, 3.05) is 18.4 Å². The first kappa shape index (κ1) is 19.8. The van der Waals surface area contributed by atoms with Gasteiger partial charge < -0.3 is 11.1 Å². The van der Waals surface area contributed by atoms with Crippen molar-refractivity contribution in [1.29, 1.82) is 0 Å². The third-order valence-corrected chi connectivity index (χ3v) is 5.47. The summed E-state index contributed by atoms with van der Waals surface area (Å²) in [6.45, 7) is 2.43. The fraction of sp³-hybridized carbons (Fsp3) is 0.261. The highest BCUT2D eigenvalue weighted by Gasteiger charge is 2.23. The predicted octanol–water partition coefficient (Wildman–Crippen LogP) is 3.03. The molecule has 1 atom stereocenters. The van der Waals surface area contributed by atoms with E-state index in [1.165, 1.54) is 6.20 Å². The summed E-state index contributed by atoms with van der Waals surface area (Å²) in [5, 5.41) is 9.87. The van der Waals surface area contributed by atoms with E-state index in [-0.39, 0.29) is 17.7 Å². The molecule has 0 aliphatic carbocycles. The zero-order valence-electron chi connectivity index (χ0n) is 16.7. The summed E-state index contributed by atoms with van der Waals surface area (Å²) >= 11 is 0. The number of hydrogen-bond acceptors (Lipinski definition) is 4. The Balaban J connectivity index is 1.39. The van der Waals surface area contributed by atoms with Gasteiger partial charge in [0, 0.05) is 24.3 Å². The molecular formula is C23H25N5O2. The van der Waals surface area contributed by atoms with Gasteiger partial charge in [0.25, 0.3) is 5.91 Å². The van der Waals surface area contributed by atoms with Gasteiger partial charge in [0.1, 0.15) is 0 Å². The Labute approximate surface area is 175 Å². The van der Waals surface area contributed by atoms with Crippen LogP contribution in [0.3, 0.4) is 0 Å². The lowest BCUT2D eigenvalue weighted by atomic mass is 9.97. The number of piperidine rings is 1. The second kappa shape index (κ2) is 8.92. The van der Waals surface area contributed by atoms with Crippen LogP contribution in [0.15, 0.2) is 60.8 Å². The normalized spacial score (nSPS) is 16.9. The Kier molecular flexibility index (Phi) is 5.90. The van der Waals surface area contributed by atoms with E-state index in [4.69, 9.17) is 5.73 Å². The van der Waals surface area contributed by atoms with Crippen LogP contribution in [0.25, 0.3) is 11.3 Å². The van der Waals surface area contributed by atoms with Gasteiger partial charge in [0.15, 0.2) is 0 Å². The molecule has 1 aliphatic rings. The number of primary amides is 1. The second-order valence-corrected chi connectivity index (χ2v) is 7.65. The summed E-state index contributed by atoms with van der Waals surface area (Å²) in [6, 6.07) is 17.4. The molecule has 1 fully saturated rings. The molecule has 7 nitrogen and oxygen atoms in total. The number of likely N-dealkylation sites (tertiary alicyclic amines) is 1. The lowest BCUT2D eigenvalue weighted by molar-refractivity contribution is -0.123. The van der Waals surface area contributed by atoms with Crippen molar-refractivity contribution in [3.05, 3.63) is 71.9 Å². The molecule has 30 heavy (non-hydrogen) atoms. The molecule has 1 aromatic heterocycles. The van der Waals surface area contributed by atoms with Crippen LogP contribution in [0.5, 0.6) is 0 Å². The standard InChI is InChI=1S/C23H25N5O2/c24-22(29)18-7-4-12-28(15-18)14-16-8-10-19(11-9-16)26-23(30)20-13-25-27-21(20)17-5-2-1-3-6-17/h1-3,5-6,8-11,13,18H,4,7,12,14-15H2,(H2,24,29)(H,25,27)(H,26,30). The minimum Gasteiger partial charge on any atom is -0.369 e. The van der Waals surface area contributed by atoms with Gasteiger partial charge in [-0.3, -0.25) is 19.6 Å². The number of nitrogens with one attached hydrogen (secondary N) is 2. The first-order chi connectivity index (χ1) is 14.6. The topological polar surface area (TPSA) is 104 Å². The van der Waals surface area contributed by atoms with Gasteiger partial charge >= 0.3 is 0 Å². The lowest BCUT2D eigenvalue weighted by Crippen LogP contribution is -2.40. The number of nitrogens with zero attached hydrogens (tertiary/aromatic N) is 2. The molecule has 1 aliphatic heterocycles. The average Bonchev–Trinajstić information content (AvgIpc) is 3.26. The van der Waals surface area contributed by atoms with Crippen molar-refractivity contribution in [3.63, 3.8) is 0 Å². The lowest BCUT2D eigenvalue weighted by Gasteiger charge is -2.31. The minimum atomic E-state index is -0.216. The van der Waals surface area contributed by atoms with E-state index in [0.717, 1.165) is 42.7 Å². The van der Waals surface area contributed by atoms with Crippen molar-refractivity contribution in [1.82, 2.24) is 15.1 Å². The molecule has 0 radical (unpaired) electrons. The minimum absolute atomic E-state index is 0.0638. The molecule has 2 amide bonds. The van der Waals surface area contributed by atoms with E-state index in [1.54, 1.807) is 0 Å². The fourth-order valence-electron chi connectivity index (χ4n) is 3.86. The molecule has 4 rings (SSSR count). The third kappa shape index (κ3) is 4.58. The van der Waals surface area contributed by atoms with E-state index in [2.05, 4.69) is 20.4 Å². The predicted molar refractivity (Wildman–Crippen MR) is 116 cm³/mol. The van der Waals surface area contributed by atoms with E-state index in [1.807, 2.05) is 54.6 Å². The largest absolute Gasteiger partial charge is 0.369 e. The number of aromatic amines is 1. The molecule has 2 heterocycles. The highest BCUT2D eigenvalue weighted by Crippen LogP contribution is 2.22. The Morgan fingerprint density at radius 1 is 1.13 bits per heavy atom. The molecule has 3 aromatic rings. The van der Waals surface area contributed by atoms with Gasteiger partial charge in [-0.2, -0.15) is 5.10 Å². The number of carbonyl (C=O) groups is 2. The molecule has 154 valence electrons. The van der Waals surface area contributed by atoms with Crippen LogP contribution >= 0.6 is 0 Å². The Hall–Kier alpha value is -3.45. The van der Waals surface area contributed by atoms with Crippen LogP contribution < -0.4 is 11.1 Å². The maximum Gasteiger partial charge on any atom is 0.259 e. The van der Waals surface area contributed by atoms with Gasteiger partial charge in [0.05, 0.1) is 23.4 Å². The first-order valence-corrected chi connectivity index (χ1v) is 10.1. The van der Waals surface area contributed by atoms with Crippen LogP contribution in [-0.4, -0.2) is 40.0 Å². The van der Waals surface area contributed by atoms with E-state index in [9.17, 15) is 9.59 Å². The molecule has 7 heteroatoms. The quantitative estimate of drug-likeness (QED) is 0.588. The fourth-order valence-corrected chi connectivity index (χ4v) is 3.86. The number of nitrogens with two attached hydrogens (primary N) is 1. The summed E-state index contributed by atoms with van der Waals surface area (Å²) in [5.41, 5.74) is 9.41. The highest BCUT2D eigenvalue weighted by molar-refractivity contribution is 6.07. The van der Waals surface area contributed by atoms with E-state index < -0.39 is 0 Å². The molecule has 0 bridgehead atoms. The monoisotopic (exact) mass is 403 g/mol. The molecule has 0 saturated carbocycles. The highest BCUT2D eigenvalue weighted by atomic mass is 16.2. The summed E-state index contributed by atoms with van der Waals surface area (Å²) in [6.07, 6.45) is 3.39. The number of anilines is 1. The van der Waals surface area contributed by atoms with Crippen LogP contribution in [0.2, 0.25) is 0 Å². The number of rotatable bonds is 6. The number of benzene rings is 2. The van der Waals surface area contributed by atoms with Crippen molar-refractivity contribution >= 4 is 17.5 Å². The van der Waals surface area contributed by atoms with Crippen molar-refractivity contribution in [2.24, 2.45) is 11.7 Å². The summed E-state index contributed by atoms with van der Waals surface area (Å²) in [7, 11) is 0. The summed E-state index contributed by atoms with van der Waals surface area (Å²) in [5.74, 6) is -0.492. The molecule has 2 aromatic carbocycles. The maximum absolute atomic E-state index is 12.7. The van der Waals surface area contributed by atoms with E-state index in [0.29, 0.717) is 17.8 Å². The number of carbonyl (C=O) groups excluding carboxylic acids is 2. The summed E-state index contributed by atoms with van der Waals surface area (Å²) < 4.78 is 0. The molecule has 0 spiro atoms. The zero-order valence-corrected chi connectivity index (χ0v) is 16.7. The van der Waals surface area contributed by atoms with Crippen molar-refractivity contribution < 1.29 is 9.59 Å². The second-order valence-electron chi connectivity index (χ2n) is 7.65. The first-order valence-electron chi connectivity index (χ1n) is 10.1. The van der Waals surface area contributed by atoms with Crippen LogP contribution in [0.4, 0.5) is 5.69 Å². The number of amides is 2. The Morgan fingerprint density at radius 2 is 1.90 bits per heavy atom. The van der Waals surface area contributed by atoms with Crippen LogP contribution in [-0.2, 0) is 11.3 Å². The van der Waals surface area contributed by atoms with E-state index >= 15 is 0 Å². The van der Waals surface area contributed by atoms with Crippen LogP contribution in [0, 0.1) is 5.92 Å². The molecule has 1 saturated heterocycles. The van der Waals surface area contributed by atoms with Gasteiger partial charge in [-0.05, 0) is 37.1 Å². The third-order valence-electron chi connectivity index (χ3n) is 5.47. The molecular weight excluding hydrogens is 378 g/mol. The molecule has 4 N–H and O–H groups in total. The van der Waals surface area contributed by atoms with Gasteiger partial charge in [-0.15, -0.1) is 0 Å². The smallest absolute Gasteiger partial charge is 0.259 e. The summed E-state index contributed by atoms with van der Waals surface area (Å²) in [4.78, 5) is 26.5. The SMILES string of the molecule is NC(=O)C1CCCN(Cc2ccc(NC(=O)c3cn[nH]c3-c3ccccc3)cc2)C1. The maximum atomic E-state index is 12.7. The van der Waals surface area contributed by atoms with Crippen LogP contribution in [0.1, 0.15) is 28.8 Å². The zero-order chi connectivity index (χ0) is 20.9. The van der Waals surface area contributed by atoms with Crippen molar-refractivity contribution in [2.45, 2.75) is 19.4 Å². The number of H-pyrrole nitrogens is 1. The number of hydrogen-bond donors (Lipinski definition) is 3. The van der Waals surface area contributed by atoms with Gasteiger partial charge in [0.2, 0.25) is 5.91 Å². The average molecular weight is 403 g/mol. The molecule has 1 unspecified atom stereocenters.